The fraction of sp³-hybridized carbons (Fsp3) is 0.600. The maximum atomic E-state index is 6.15. The van der Waals surface area contributed by atoms with Crippen molar-refractivity contribution in [2.75, 3.05) is 6.54 Å². The van der Waals surface area contributed by atoms with E-state index in [-0.39, 0.29) is 5.41 Å². The fourth-order valence-corrected chi connectivity index (χ4v) is 3.05. The van der Waals surface area contributed by atoms with Gasteiger partial charge in [-0.05, 0) is 50.3 Å². The zero-order valence-electron chi connectivity index (χ0n) is 10.6. The van der Waals surface area contributed by atoms with Crippen molar-refractivity contribution in [2.24, 2.45) is 5.73 Å². The molecule has 0 aromatic heterocycles. The SMILES string of the molecule is NCC1(c2cc(Cl)ccc2OC2CCC2)CCC1. The maximum absolute atomic E-state index is 6.15. The van der Waals surface area contributed by atoms with Crippen molar-refractivity contribution in [2.45, 2.75) is 50.0 Å². The van der Waals surface area contributed by atoms with E-state index < -0.39 is 0 Å². The summed E-state index contributed by atoms with van der Waals surface area (Å²) in [6.45, 7) is 0.689. The Balaban J connectivity index is 1.91. The molecule has 2 N–H and O–H groups in total. The Morgan fingerprint density at radius 1 is 1.28 bits per heavy atom. The Labute approximate surface area is 113 Å². The van der Waals surface area contributed by atoms with Gasteiger partial charge in [0.05, 0.1) is 6.10 Å². The lowest BCUT2D eigenvalue weighted by Gasteiger charge is -2.43. The van der Waals surface area contributed by atoms with E-state index in [2.05, 4.69) is 6.07 Å². The Morgan fingerprint density at radius 2 is 2.06 bits per heavy atom. The smallest absolute Gasteiger partial charge is 0.123 e. The molecule has 2 aliphatic rings. The van der Waals surface area contributed by atoms with Crippen molar-refractivity contribution >= 4 is 11.6 Å². The third-order valence-corrected chi connectivity index (χ3v) is 4.80. The highest BCUT2D eigenvalue weighted by atomic mass is 35.5. The minimum absolute atomic E-state index is 0.115. The van der Waals surface area contributed by atoms with Crippen molar-refractivity contribution in [3.8, 4) is 5.75 Å². The standard InChI is InChI=1S/C15H20ClNO/c16-11-5-6-14(18-12-3-1-4-12)13(9-11)15(10-17)7-2-8-15/h5-6,9,12H,1-4,7-8,10,17H2. The van der Waals surface area contributed by atoms with Crippen molar-refractivity contribution < 1.29 is 4.74 Å². The molecule has 18 heavy (non-hydrogen) atoms. The van der Waals surface area contributed by atoms with Crippen molar-refractivity contribution in [3.05, 3.63) is 28.8 Å². The summed E-state index contributed by atoms with van der Waals surface area (Å²) in [6.07, 6.45) is 7.62. The minimum Gasteiger partial charge on any atom is -0.490 e. The number of ether oxygens (including phenoxy) is 1. The monoisotopic (exact) mass is 265 g/mol. The predicted molar refractivity (Wildman–Crippen MR) is 74.3 cm³/mol. The van der Waals surface area contributed by atoms with Crippen molar-refractivity contribution in [3.63, 3.8) is 0 Å². The highest BCUT2D eigenvalue weighted by molar-refractivity contribution is 6.30. The molecular formula is C15H20ClNO. The average molecular weight is 266 g/mol. The first-order chi connectivity index (χ1) is 8.73. The van der Waals surface area contributed by atoms with Crippen LogP contribution in [0, 0.1) is 0 Å². The molecule has 2 saturated carbocycles. The first-order valence-electron chi connectivity index (χ1n) is 6.90. The van der Waals surface area contributed by atoms with Gasteiger partial charge in [0.15, 0.2) is 0 Å². The molecule has 3 heteroatoms. The van der Waals surface area contributed by atoms with Crippen molar-refractivity contribution in [1.82, 2.24) is 0 Å². The molecule has 1 aromatic carbocycles. The molecule has 0 unspecified atom stereocenters. The molecule has 0 spiro atoms. The van der Waals surface area contributed by atoms with Crippen LogP contribution in [0.2, 0.25) is 5.02 Å². The van der Waals surface area contributed by atoms with Crippen LogP contribution < -0.4 is 10.5 Å². The predicted octanol–water partition coefficient (Wildman–Crippen LogP) is 3.65. The first-order valence-corrected chi connectivity index (χ1v) is 7.28. The average Bonchev–Trinajstić information content (AvgIpc) is 2.25. The second-order valence-electron chi connectivity index (χ2n) is 5.65. The van der Waals surface area contributed by atoms with E-state index >= 15 is 0 Å². The number of rotatable bonds is 4. The van der Waals surface area contributed by atoms with Crippen LogP contribution in [0.3, 0.4) is 0 Å². The number of benzene rings is 1. The van der Waals surface area contributed by atoms with Gasteiger partial charge in [0.2, 0.25) is 0 Å². The summed E-state index contributed by atoms with van der Waals surface area (Å²) in [6, 6.07) is 6.00. The quantitative estimate of drug-likeness (QED) is 0.902. The van der Waals surface area contributed by atoms with E-state index in [1.54, 1.807) is 0 Å². The highest BCUT2D eigenvalue weighted by Gasteiger charge is 2.40. The molecule has 2 nitrogen and oxygen atoms in total. The normalized spacial score (nSPS) is 22.1. The summed E-state index contributed by atoms with van der Waals surface area (Å²) < 4.78 is 6.11. The van der Waals surface area contributed by atoms with Gasteiger partial charge in [-0.3, -0.25) is 0 Å². The molecular weight excluding hydrogens is 246 g/mol. The second kappa shape index (κ2) is 4.75. The molecule has 3 rings (SSSR count). The Morgan fingerprint density at radius 3 is 2.56 bits per heavy atom. The molecule has 0 heterocycles. The number of halogens is 1. The Kier molecular flexibility index (Phi) is 3.25. The summed E-state index contributed by atoms with van der Waals surface area (Å²) >= 11 is 6.15. The van der Waals surface area contributed by atoms with Gasteiger partial charge in [-0.2, -0.15) is 0 Å². The Bertz CT molecular complexity index is 433. The van der Waals surface area contributed by atoms with E-state index in [0.29, 0.717) is 12.6 Å². The molecule has 0 bridgehead atoms. The van der Waals surface area contributed by atoms with Crippen LogP contribution in [0.4, 0.5) is 0 Å². The third kappa shape index (κ3) is 2.02. The number of nitrogens with two attached hydrogens (primary N) is 1. The van der Waals surface area contributed by atoms with Gasteiger partial charge in [-0.15, -0.1) is 0 Å². The fourth-order valence-electron chi connectivity index (χ4n) is 2.87. The molecule has 2 fully saturated rings. The molecule has 0 atom stereocenters. The molecule has 0 radical (unpaired) electrons. The van der Waals surface area contributed by atoms with Gasteiger partial charge >= 0.3 is 0 Å². The molecule has 2 aliphatic carbocycles. The van der Waals surface area contributed by atoms with E-state index in [1.165, 1.54) is 31.2 Å². The highest BCUT2D eigenvalue weighted by Crippen LogP contribution is 2.47. The summed E-state index contributed by atoms with van der Waals surface area (Å²) in [5.74, 6) is 1.01. The van der Waals surface area contributed by atoms with Gasteiger partial charge in [0, 0.05) is 22.5 Å². The largest absolute Gasteiger partial charge is 0.490 e. The molecule has 1 aromatic rings. The van der Waals surface area contributed by atoms with E-state index in [1.807, 2.05) is 12.1 Å². The van der Waals surface area contributed by atoms with Gasteiger partial charge in [0.1, 0.15) is 5.75 Å². The first kappa shape index (κ1) is 12.3. The summed E-state index contributed by atoms with van der Waals surface area (Å²) in [4.78, 5) is 0. The van der Waals surface area contributed by atoms with Gasteiger partial charge in [-0.25, -0.2) is 0 Å². The lowest BCUT2D eigenvalue weighted by Crippen LogP contribution is -2.42. The Hall–Kier alpha value is -0.730. The van der Waals surface area contributed by atoms with Crippen LogP contribution in [-0.4, -0.2) is 12.6 Å². The van der Waals surface area contributed by atoms with Crippen molar-refractivity contribution in [1.29, 1.82) is 0 Å². The van der Waals surface area contributed by atoms with E-state index in [9.17, 15) is 0 Å². The molecule has 0 aliphatic heterocycles. The lowest BCUT2D eigenvalue weighted by atomic mass is 9.64. The molecule has 98 valence electrons. The van der Waals surface area contributed by atoms with Gasteiger partial charge in [-0.1, -0.05) is 18.0 Å². The molecule has 0 amide bonds. The lowest BCUT2D eigenvalue weighted by molar-refractivity contribution is 0.114. The van der Waals surface area contributed by atoms with Gasteiger partial charge in [0.25, 0.3) is 0 Å². The number of hydrogen-bond acceptors (Lipinski definition) is 2. The van der Waals surface area contributed by atoms with Crippen LogP contribution in [-0.2, 0) is 5.41 Å². The van der Waals surface area contributed by atoms with E-state index in [4.69, 9.17) is 22.1 Å². The summed E-state index contributed by atoms with van der Waals surface area (Å²) in [5, 5.41) is 0.783. The maximum Gasteiger partial charge on any atom is 0.123 e. The van der Waals surface area contributed by atoms with Crippen LogP contribution in [0.5, 0.6) is 5.75 Å². The summed E-state index contributed by atoms with van der Waals surface area (Å²) in [5.41, 5.74) is 7.35. The zero-order chi connectivity index (χ0) is 12.6. The van der Waals surface area contributed by atoms with Crippen LogP contribution in [0.25, 0.3) is 0 Å². The van der Waals surface area contributed by atoms with Crippen LogP contribution in [0.1, 0.15) is 44.1 Å². The summed E-state index contributed by atoms with van der Waals surface area (Å²) in [7, 11) is 0. The van der Waals surface area contributed by atoms with E-state index in [0.717, 1.165) is 23.6 Å². The molecule has 0 saturated heterocycles. The third-order valence-electron chi connectivity index (χ3n) is 4.56. The topological polar surface area (TPSA) is 35.2 Å². The number of hydrogen-bond donors (Lipinski definition) is 1. The van der Waals surface area contributed by atoms with Crippen LogP contribution in [0.15, 0.2) is 18.2 Å². The minimum atomic E-state index is 0.115. The van der Waals surface area contributed by atoms with Crippen LogP contribution >= 0.6 is 11.6 Å². The van der Waals surface area contributed by atoms with Gasteiger partial charge < -0.3 is 10.5 Å². The second-order valence-corrected chi connectivity index (χ2v) is 6.09. The zero-order valence-corrected chi connectivity index (χ0v) is 11.4.